The molecule has 2 atom stereocenters. The number of guanidine groups is 1. The lowest BCUT2D eigenvalue weighted by Gasteiger charge is -2.25. The third-order valence-corrected chi connectivity index (χ3v) is 6.05. The number of likely N-dealkylation sites (tertiary alicyclic amines) is 1. The van der Waals surface area contributed by atoms with Gasteiger partial charge in [0.05, 0.1) is 25.3 Å². The average Bonchev–Trinajstić information content (AvgIpc) is 3.44. The molecular formula is C20H34N4O2S. The van der Waals surface area contributed by atoms with E-state index in [1.165, 1.54) is 30.8 Å². The minimum absolute atomic E-state index is 0.291. The van der Waals surface area contributed by atoms with Crippen LogP contribution in [0.1, 0.15) is 43.5 Å². The maximum atomic E-state index is 5.83. The van der Waals surface area contributed by atoms with Crippen LogP contribution < -0.4 is 10.6 Å². The molecule has 1 aromatic heterocycles. The Labute approximate surface area is 167 Å². The lowest BCUT2D eigenvalue weighted by molar-refractivity contribution is 0.0420. The summed E-state index contributed by atoms with van der Waals surface area (Å²) in [6.45, 7) is 9.37. The second-order valence-electron chi connectivity index (χ2n) is 7.13. The van der Waals surface area contributed by atoms with Gasteiger partial charge in [0.2, 0.25) is 0 Å². The summed E-state index contributed by atoms with van der Waals surface area (Å²) in [5, 5.41) is 8.99. The summed E-state index contributed by atoms with van der Waals surface area (Å²) in [5.74, 6) is 0.905. The molecule has 2 aliphatic rings. The Morgan fingerprint density at radius 1 is 1.41 bits per heavy atom. The van der Waals surface area contributed by atoms with Crippen molar-refractivity contribution in [3.8, 4) is 0 Å². The number of ether oxygens (including phenoxy) is 2. The number of nitrogens with zero attached hydrogens (tertiary/aromatic N) is 2. The largest absolute Gasteiger partial charge is 0.379 e. The highest BCUT2D eigenvalue weighted by Gasteiger charge is 2.24. The fourth-order valence-corrected chi connectivity index (χ4v) is 4.46. The molecule has 2 fully saturated rings. The van der Waals surface area contributed by atoms with Gasteiger partial charge in [-0.15, -0.1) is 11.3 Å². The molecule has 3 heterocycles. The molecule has 2 N–H and O–H groups in total. The van der Waals surface area contributed by atoms with Crippen LogP contribution in [0, 0.1) is 0 Å². The van der Waals surface area contributed by atoms with E-state index in [2.05, 4.69) is 40.0 Å². The van der Waals surface area contributed by atoms with Crippen molar-refractivity contribution < 1.29 is 9.47 Å². The highest BCUT2D eigenvalue weighted by molar-refractivity contribution is 7.10. The van der Waals surface area contributed by atoms with E-state index < -0.39 is 0 Å². The number of thiophene rings is 1. The van der Waals surface area contributed by atoms with Gasteiger partial charge in [-0.2, -0.15) is 0 Å². The highest BCUT2D eigenvalue weighted by atomic mass is 32.1. The zero-order valence-corrected chi connectivity index (χ0v) is 17.3. The van der Waals surface area contributed by atoms with Crippen molar-refractivity contribution in [3.05, 3.63) is 22.4 Å². The minimum atomic E-state index is 0.291. The quantitative estimate of drug-likeness (QED) is 0.363. The first-order chi connectivity index (χ1) is 13.4. The maximum absolute atomic E-state index is 5.83. The van der Waals surface area contributed by atoms with Gasteiger partial charge < -0.3 is 20.1 Å². The van der Waals surface area contributed by atoms with E-state index in [4.69, 9.17) is 14.5 Å². The van der Waals surface area contributed by atoms with Gasteiger partial charge in [-0.3, -0.25) is 9.89 Å². The van der Waals surface area contributed by atoms with Crippen molar-refractivity contribution in [2.75, 3.05) is 52.5 Å². The monoisotopic (exact) mass is 394 g/mol. The Hall–Kier alpha value is -1.15. The van der Waals surface area contributed by atoms with Crippen molar-refractivity contribution in [1.29, 1.82) is 0 Å². The van der Waals surface area contributed by atoms with Crippen LogP contribution in [0.25, 0.3) is 0 Å². The lowest BCUT2D eigenvalue weighted by atomic mass is 10.2. The van der Waals surface area contributed by atoms with Crippen molar-refractivity contribution in [1.82, 2.24) is 15.5 Å². The number of rotatable bonds is 10. The molecule has 0 aliphatic carbocycles. The normalized spacial score (nSPS) is 22.3. The molecule has 152 valence electrons. The Morgan fingerprint density at radius 2 is 2.30 bits per heavy atom. The van der Waals surface area contributed by atoms with Crippen LogP contribution >= 0.6 is 11.3 Å². The van der Waals surface area contributed by atoms with E-state index in [1.54, 1.807) is 0 Å². The summed E-state index contributed by atoms with van der Waals surface area (Å²) in [4.78, 5) is 8.89. The van der Waals surface area contributed by atoms with Crippen LogP contribution in [-0.2, 0) is 9.47 Å². The van der Waals surface area contributed by atoms with E-state index in [-0.39, 0.29) is 0 Å². The molecule has 2 aliphatic heterocycles. The molecule has 0 amide bonds. The second-order valence-corrected chi connectivity index (χ2v) is 8.11. The summed E-state index contributed by atoms with van der Waals surface area (Å²) in [5.41, 5.74) is 0. The van der Waals surface area contributed by atoms with Crippen LogP contribution in [0.3, 0.4) is 0 Å². The van der Waals surface area contributed by atoms with Gasteiger partial charge in [-0.25, -0.2) is 0 Å². The highest BCUT2D eigenvalue weighted by Crippen LogP contribution is 2.28. The average molecular weight is 395 g/mol. The fraction of sp³-hybridized carbons (Fsp3) is 0.750. The number of nitrogens with one attached hydrogen (secondary N) is 2. The Balaban J connectivity index is 1.45. The van der Waals surface area contributed by atoms with Crippen LogP contribution in [0.15, 0.2) is 22.5 Å². The number of hydrogen-bond acceptors (Lipinski definition) is 5. The third kappa shape index (κ3) is 6.75. The Bertz CT molecular complexity index is 540. The van der Waals surface area contributed by atoms with Gasteiger partial charge in [0, 0.05) is 31.2 Å². The molecular weight excluding hydrogens is 360 g/mol. The van der Waals surface area contributed by atoms with Crippen LogP contribution in [0.5, 0.6) is 0 Å². The number of aliphatic imine (C=N–C) groups is 1. The molecule has 0 radical (unpaired) electrons. The van der Waals surface area contributed by atoms with Gasteiger partial charge in [0.1, 0.15) is 0 Å². The molecule has 27 heavy (non-hydrogen) atoms. The SMILES string of the molecule is CCNC(=NCC(c1cccs1)N1CCCC1)NCCCOC1CCOC1. The molecule has 7 heteroatoms. The minimum Gasteiger partial charge on any atom is -0.379 e. The van der Waals surface area contributed by atoms with Gasteiger partial charge in [-0.05, 0) is 57.1 Å². The Morgan fingerprint density at radius 3 is 3.00 bits per heavy atom. The molecule has 6 nitrogen and oxygen atoms in total. The topological polar surface area (TPSA) is 58.1 Å². The smallest absolute Gasteiger partial charge is 0.191 e. The summed E-state index contributed by atoms with van der Waals surface area (Å²) >= 11 is 1.84. The first-order valence-electron chi connectivity index (χ1n) is 10.4. The first-order valence-corrected chi connectivity index (χ1v) is 11.2. The van der Waals surface area contributed by atoms with E-state index in [9.17, 15) is 0 Å². The molecule has 0 aromatic carbocycles. The second kappa shape index (κ2) is 11.6. The van der Waals surface area contributed by atoms with E-state index in [0.717, 1.165) is 58.3 Å². The first kappa shape index (κ1) is 20.6. The summed E-state index contributed by atoms with van der Waals surface area (Å²) < 4.78 is 11.2. The molecule has 3 rings (SSSR count). The predicted octanol–water partition coefficient (Wildman–Crippen LogP) is 2.64. The van der Waals surface area contributed by atoms with E-state index in [1.807, 2.05) is 11.3 Å². The van der Waals surface area contributed by atoms with Gasteiger partial charge in [0.15, 0.2) is 5.96 Å². The fourth-order valence-electron chi connectivity index (χ4n) is 3.61. The number of hydrogen-bond donors (Lipinski definition) is 2. The molecule has 0 bridgehead atoms. The van der Waals surface area contributed by atoms with Crippen LogP contribution in [0.2, 0.25) is 0 Å². The summed E-state index contributed by atoms with van der Waals surface area (Å²) in [6, 6.07) is 4.79. The third-order valence-electron chi connectivity index (χ3n) is 5.07. The van der Waals surface area contributed by atoms with Crippen molar-refractivity contribution in [2.45, 2.75) is 44.8 Å². The van der Waals surface area contributed by atoms with Gasteiger partial charge in [0.25, 0.3) is 0 Å². The lowest BCUT2D eigenvalue weighted by Crippen LogP contribution is -2.39. The summed E-state index contributed by atoms with van der Waals surface area (Å²) in [7, 11) is 0. The van der Waals surface area contributed by atoms with Crippen molar-refractivity contribution >= 4 is 17.3 Å². The van der Waals surface area contributed by atoms with Crippen LogP contribution in [0.4, 0.5) is 0 Å². The molecule has 2 saturated heterocycles. The van der Waals surface area contributed by atoms with Gasteiger partial charge in [-0.1, -0.05) is 6.07 Å². The van der Waals surface area contributed by atoms with E-state index >= 15 is 0 Å². The molecule has 1 aromatic rings. The summed E-state index contributed by atoms with van der Waals surface area (Å²) in [6.07, 6.45) is 4.89. The van der Waals surface area contributed by atoms with Crippen molar-refractivity contribution in [2.24, 2.45) is 4.99 Å². The Kier molecular flexibility index (Phi) is 8.87. The molecule has 0 saturated carbocycles. The van der Waals surface area contributed by atoms with Crippen LogP contribution in [-0.4, -0.2) is 69.5 Å². The maximum Gasteiger partial charge on any atom is 0.191 e. The van der Waals surface area contributed by atoms with E-state index in [0.29, 0.717) is 12.1 Å². The zero-order valence-electron chi connectivity index (χ0n) is 16.5. The van der Waals surface area contributed by atoms with Crippen molar-refractivity contribution in [3.63, 3.8) is 0 Å². The zero-order chi connectivity index (χ0) is 18.7. The standard InChI is InChI=1S/C20H34N4O2S/c1-2-21-20(22-9-6-12-26-17-8-13-25-16-17)23-15-18(19-7-5-14-27-19)24-10-3-4-11-24/h5,7,14,17-18H,2-4,6,8-13,15-16H2,1H3,(H2,21,22,23). The predicted molar refractivity (Wildman–Crippen MR) is 112 cm³/mol. The molecule has 0 spiro atoms. The molecule has 2 unspecified atom stereocenters. The van der Waals surface area contributed by atoms with Gasteiger partial charge >= 0.3 is 0 Å².